The molecule has 0 radical (unpaired) electrons. The van der Waals surface area contributed by atoms with Crippen LogP contribution in [0.3, 0.4) is 0 Å². The van der Waals surface area contributed by atoms with Crippen molar-refractivity contribution >= 4 is 39.4 Å². The molecule has 2 amide bonds. The van der Waals surface area contributed by atoms with Gasteiger partial charge in [0, 0.05) is 23.0 Å². The van der Waals surface area contributed by atoms with E-state index in [0.29, 0.717) is 12.1 Å². The number of anilines is 1. The van der Waals surface area contributed by atoms with Crippen LogP contribution in [0.25, 0.3) is 0 Å². The third-order valence-corrected chi connectivity index (χ3v) is 7.23. The summed E-state index contributed by atoms with van der Waals surface area (Å²) in [7, 11) is -6.33. The van der Waals surface area contributed by atoms with Crippen LogP contribution in [0.15, 0.2) is 36.4 Å². The van der Waals surface area contributed by atoms with Crippen LogP contribution >= 0.6 is 11.8 Å². The van der Waals surface area contributed by atoms with E-state index in [1.807, 2.05) is 5.32 Å². The zero-order valence-corrected chi connectivity index (χ0v) is 23.0. The monoisotopic (exact) mass is 658 g/mol. The number of amides is 2. The maximum absolute atomic E-state index is 14.4. The van der Waals surface area contributed by atoms with Crippen molar-refractivity contribution < 1.29 is 66.1 Å². The zero-order valence-electron chi connectivity index (χ0n) is 21.4. The molecule has 0 saturated heterocycles. The second-order valence-electron chi connectivity index (χ2n) is 8.63. The first kappa shape index (κ1) is 35.0. The summed E-state index contributed by atoms with van der Waals surface area (Å²) in [6, 6.07) is 2.47. The van der Waals surface area contributed by atoms with Crippen LogP contribution in [0.2, 0.25) is 0 Å². The molecule has 0 spiro atoms. The molecular weight excluding hydrogens is 638 g/mol. The fourth-order valence-electron chi connectivity index (χ4n) is 3.47. The molecular formula is C23H20F10N2O5S2. The lowest BCUT2D eigenvalue weighted by molar-refractivity contribution is -0.348. The van der Waals surface area contributed by atoms with Crippen molar-refractivity contribution in [3.63, 3.8) is 0 Å². The maximum Gasteiger partial charge on any atom is 0.534 e. The molecule has 2 aromatic rings. The molecule has 0 aliphatic carbocycles. The summed E-state index contributed by atoms with van der Waals surface area (Å²) >= 11 is 1.25. The van der Waals surface area contributed by atoms with Crippen molar-refractivity contribution in [2.24, 2.45) is 0 Å². The van der Waals surface area contributed by atoms with Gasteiger partial charge in [0.2, 0.25) is 0 Å². The predicted molar refractivity (Wildman–Crippen MR) is 131 cm³/mol. The van der Waals surface area contributed by atoms with Crippen LogP contribution in [0.5, 0.6) is 5.75 Å². The lowest BCUT2D eigenvalue weighted by Gasteiger charge is -2.30. The fraction of sp³-hybridized carbons (Fsp3) is 0.391. The molecule has 0 saturated carbocycles. The maximum atomic E-state index is 14.4. The molecule has 1 atom stereocenters. The Morgan fingerprint density at radius 2 is 1.50 bits per heavy atom. The normalized spacial score (nSPS) is 13.8. The van der Waals surface area contributed by atoms with Crippen molar-refractivity contribution in [2.75, 3.05) is 17.3 Å². The molecule has 234 valence electrons. The minimum absolute atomic E-state index is 0.108. The third kappa shape index (κ3) is 7.22. The van der Waals surface area contributed by atoms with Crippen molar-refractivity contribution in [1.29, 1.82) is 0 Å². The van der Waals surface area contributed by atoms with E-state index in [1.165, 1.54) is 18.7 Å². The molecule has 0 fully saturated rings. The number of benzene rings is 2. The van der Waals surface area contributed by atoms with Gasteiger partial charge in [-0.2, -0.15) is 59.7 Å². The number of hydrogen-bond acceptors (Lipinski definition) is 6. The van der Waals surface area contributed by atoms with Gasteiger partial charge in [0.25, 0.3) is 11.8 Å². The van der Waals surface area contributed by atoms with Gasteiger partial charge in [0.1, 0.15) is 0 Å². The molecule has 19 heteroatoms. The Kier molecular flexibility index (Phi) is 10.1. The highest BCUT2D eigenvalue weighted by atomic mass is 32.2. The van der Waals surface area contributed by atoms with Gasteiger partial charge < -0.3 is 14.8 Å². The Hall–Kier alpha value is -3.22. The Morgan fingerprint density at radius 1 is 0.929 bits per heavy atom. The van der Waals surface area contributed by atoms with Crippen LogP contribution in [-0.2, 0) is 15.8 Å². The zero-order chi connectivity index (χ0) is 32.5. The van der Waals surface area contributed by atoms with Gasteiger partial charge in [0.15, 0.2) is 5.75 Å². The van der Waals surface area contributed by atoms with Crippen molar-refractivity contribution in [3.05, 3.63) is 58.7 Å². The predicted octanol–water partition coefficient (Wildman–Crippen LogP) is 6.25. The van der Waals surface area contributed by atoms with Crippen molar-refractivity contribution in [1.82, 2.24) is 5.32 Å². The number of nitrogens with one attached hydrogen (secondary N) is 2. The standard InChI is InChI=1S/C23H20F10N2O5S2/c1-11-9-13(20(24,21(25,26)27)22(28,29)30)7-8-15(11)35-18(36)14-5-4-6-16(40-42(38,39)23(31,32)33)17(14)19(37)34-12(2)10-41-3/h4-9,12H,10H2,1-3H3,(H,34,37)(H,35,36). The summed E-state index contributed by atoms with van der Waals surface area (Å²) < 4.78 is 159. The van der Waals surface area contributed by atoms with Crippen LogP contribution in [0, 0.1) is 6.92 Å². The van der Waals surface area contributed by atoms with E-state index in [-0.39, 0.29) is 17.9 Å². The first-order valence-electron chi connectivity index (χ1n) is 11.2. The van der Waals surface area contributed by atoms with Gasteiger partial charge in [-0.25, -0.2) is 4.39 Å². The largest absolute Gasteiger partial charge is 0.534 e. The minimum atomic E-state index is -6.41. The van der Waals surface area contributed by atoms with E-state index < -0.39 is 85.2 Å². The first-order valence-corrected chi connectivity index (χ1v) is 14.0. The van der Waals surface area contributed by atoms with E-state index in [2.05, 4.69) is 9.50 Å². The topological polar surface area (TPSA) is 102 Å². The summed E-state index contributed by atoms with van der Waals surface area (Å²) in [6.07, 6.45) is -11.2. The molecule has 2 aromatic carbocycles. The lowest BCUT2D eigenvalue weighted by atomic mass is 9.92. The third-order valence-electron chi connectivity index (χ3n) is 5.43. The highest BCUT2D eigenvalue weighted by Crippen LogP contribution is 2.53. The summed E-state index contributed by atoms with van der Waals surface area (Å²) in [5, 5.41) is 4.38. The summed E-state index contributed by atoms with van der Waals surface area (Å²) in [6.45, 7) is 2.39. The second-order valence-corrected chi connectivity index (χ2v) is 11.1. The lowest BCUT2D eigenvalue weighted by Crippen LogP contribution is -2.50. The van der Waals surface area contributed by atoms with Gasteiger partial charge in [-0.05, 0) is 43.9 Å². The van der Waals surface area contributed by atoms with E-state index in [1.54, 1.807) is 6.26 Å². The molecule has 0 aliphatic heterocycles. The number of alkyl halides is 10. The Labute approximate surface area is 236 Å². The molecule has 2 N–H and O–H groups in total. The average Bonchev–Trinajstić information content (AvgIpc) is 2.82. The molecule has 2 rings (SSSR count). The van der Waals surface area contributed by atoms with Crippen LogP contribution in [-0.4, -0.2) is 56.1 Å². The quantitative estimate of drug-likeness (QED) is 0.188. The SMILES string of the molecule is CSCC(C)NC(=O)c1c(OS(=O)(=O)C(F)(F)F)cccc1C(=O)Nc1ccc(C(F)(C(F)(F)F)C(F)(F)F)cc1C. The summed E-state index contributed by atoms with van der Waals surface area (Å²) in [5.74, 6) is -3.55. The number of aryl methyl sites for hydroxylation is 1. The molecule has 1 unspecified atom stereocenters. The van der Waals surface area contributed by atoms with Crippen molar-refractivity contribution in [2.45, 2.75) is 43.4 Å². The first-order chi connectivity index (χ1) is 19.0. The number of thioether (sulfide) groups is 1. The Balaban J connectivity index is 2.60. The number of carbonyl (C=O) groups is 2. The summed E-state index contributed by atoms with van der Waals surface area (Å²) in [5.41, 5.74) is -16.3. The molecule has 42 heavy (non-hydrogen) atoms. The number of carbonyl (C=O) groups excluding carboxylic acids is 2. The molecule has 7 nitrogen and oxygen atoms in total. The average molecular weight is 659 g/mol. The van der Waals surface area contributed by atoms with Gasteiger partial charge in [-0.15, -0.1) is 0 Å². The number of hydrogen-bond donors (Lipinski definition) is 2. The van der Waals surface area contributed by atoms with Crippen molar-refractivity contribution in [3.8, 4) is 5.75 Å². The van der Waals surface area contributed by atoms with E-state index in [0.717, 1.165) is 19.1 Å². The summed E-state index contributed by atoms with van der Waals surface area (Å²) in [4.78, 5) is 26.0. The van der Waals surface area contributed by atoms with Gasteiger partial charge in [0.05, 0.1) is 11.1 Å². The molecule has 0 aromatic heterocycles. The van der Waals surface area contributed by atoms with Gasteiger partial charge >= 0.3 is 33.6 Å². The second kappa shape index (κ2) is 12.2. The molecule has 0 aliphatic rings. The van der Waals surface area contributed by atoms with Crippen LogP contribution < -0.4 is 14.8 Å². The van der Waals surface area contributed by atoms with E-state index in [4.69, 9.17) is 0 Å². The van der Waals surface area contributed by atoms with Gasteiger partial charge in [-0.3, -0.25) is 9.59 Å². The Bertz CT molecular complexity index is 1430. The highest BCUT2D eigenvalue weighted by Gasteiger charge is 2.73. The van der Waals surface area contributed by atoms with Gasteiger partial charge in [-0.1, -0.05) is 18.2 Å². The minimum Gasteiger partial charge on any atom is -0.375 e. The Morgan fingerprint density at radius 3 is 1.98 bits per heavy atom. The number of rotatable bonds is 9. The molecule has 0 bridgehead atoms. The number of halogens is 10. The van der Waals surface area contributed by atoms with Crippen LogP contribution in [0.1, 0.15) is 38.8 Å². The van der Waals surface area contributed by atoms with E-state index in [9.17, 15) is 61.9 Å². The fourth-order valence-corrected chi connectivity index (χ4v) is 4.53. The molecule has 0 heterocycles. The highest BCUT2D eigenvalue weighted by molar-refractivity contribution is 7.98. The van der Waals surface area contributed by atoms with E-state index >= 15 is 0 Å². The smallest absolute Gasteiger partial charge is 0.375 e. The van der Waals surface area contributed by atoms with Crippen LogP contribution in [0.4, 0.5) is 49.6 Å².